The van der Waals surface area contributed by atoms with Crippen molar-refractivity contribution in [2.75, 3.05) is 19.1 Å². The quantitative estimate of drug-likeness (QED) is 0.142. The summed E-state index contributed by atoms with van der Waals surface area (Å²) in [7, 11) is 3.22. The van der Waals surface area contributed by atoms with Crippen molar-refractivity contribution in [1.82, 2.24) is 19.6 Å². The molecule has 0 bridgehead atoms. The van der Waals surface area contributed by atoms with E-state index in [-0.39, 0.29) is 34.0 Å². The summed E-state index contributed by atoms with van der Waals surface area (Å²) in [5, 5.41) is 4.91. The molecule has 0 saturated heterocycles. The van der Waals surface area contributed by atoms with Gasteiger partial charge in [0.1, 0.15) is 23.1 Å². The Morgan fingerprint density at radius 2 is 1.48 bits per heavy atom. The number of anilines is 1. The van der Waals surface area contributed by atoms with Crippen molar-refractivity contribution in [3.63, 3.8) is 0 Å². The van der Waals surface area contributed by atoms with Crippen LogP contribution in [0.5, 0.6) is 11.5 Å². The average Bonchev–Trinajstić information content (AvgIpc) is 3.49. The maximum atomic E-state index is 15.5. The molecule has 0 aliphatic heterocycles. The topological polar surface area (TPSA) is 69.1 Å². The minimum absolute atomic E-state index is 0.0283. The van der Waals surface area contributed by atoms with E-state index in [4.69, 9.17) is 37.6 Å². The zero-order chi connectivity index (χ0) is 32.2. The lowest BCUT2D eigenvalue weighted by atomic mass is 10.1. The van der Waals surface area contributed by atoms with Gasteiger partial charge in [-0.15, -0.1) is 0 Å². The molecule has 0 aliphatic carbocycles. The van der Waals surface area contributed by atoms with Crippen LogP contribution >= 0.6 is 11.6 Å². The first-order valence-corrected chi connectivity index (χ1v) is 14.6. The maximum Gasteiger partial charge on any atom is 0.222 e. The van der Waals surface area contributed by atoms with Gasteiger partial charge in [-0.2, -0.15) is 5.10 Å². The first-order chi connectivity index (χ1) is 22.4. The second-order valence-electron chi connectivity index (χ2n) is 10.4. The fraction of sp³-hybridized carbons (Fsp3) is 0.143. The lowest BCUT2D eigenvalue weighted by Crippen LogP contribution is -2.24. The number of ether oxygens (including phenoxy) is 2. The Labute approximate surface area is 269 Å². The number of aromatic nitrogens is 4. The van der Waals surface area contributed by atoms with Crippen LogP contribution in [0.25, 0.3) is 21.7 Å². The van der Waals surface area contributed by atoms with Gasteiger partial charge in [-0.1, -0.05) is 60.1 Å². The van der Waals surface area contributed by atoms with E-state index in [1.807, 2.05) is 53.4 Å². The summed E-state index contributed by atoms with van der Waals surface area (Å²) in [5.74, 6) is 0.996. The zero-order valence-electron chi connectivity index (χ0n) is 24.9. The van der Waals surface area contributed by atoms with Crippen molar-refractivity contribution >= 4 is 28.8 Å². The first kappa shape index (κ1) is 30.5. The average molecular weight is 637 g/mol. The molecule has 230 valence electrons. The Morgan fingerprint density at radius 3 is 2.07 bits per heavy atom. The third kappa shape index (κ3) is 6.32. The minimum Gasteiger partial charge on any atom is -0.497 e. The highest BCUT2D eigenvalue weighted by Crippen LogP contribution is 2.32. The van der Waals surface area contributed by atoms with Gasteiger partial charge in [0.25, 0.3) is 0 Å². The number of rotatable bonds is 10. The van der Waals surface area contributed by atoms with Gasteiger partial charge in [0, 0.05) is 35.7 Å². The van der Waals surface area contributed by atoms with Gasteiger partial charge in [-0.25, -0.2) is 28.1 Å². The number of nitrogens with zero attached hydrogens (tertiary/aromatic N) is 6. The molecule has 0 unspecified atom stereocenters. The lowest BCUT2D eigenvalue weighted by molar-refractivity contribution is 0.414. The van der Waals surface area contributed by atoms with Gasteiger partial charge < -0.3 is 14.4 Å². The largest absolute Gasteiger partial charge is 0.497 e. The predicted molar refractivity (Wildman–Crippen MR) is 173 cm³/mol. The number of methoxy groups -OCH3 is 2. The number of halogens is 3. The van der Waals surface area contributed by atoms with Crippen LogP contribution in [0.15, 0.2) is 91.1 Å². The summed E-state index contributed by atoms with van der Waals surface area (Å²) in [6.45, 7) is 8.20. The Kier molecular flexibility index (Phi) is 8.76. The van der Waals surface area contributed by atoms with Crippen LogP contribution in [-0.2, 0) is 19.5 Å². The molecule has 0 atom stereocenters. The van der Waals surface area contributed by atoms with Gasteiger partial charge in [-0.05, 0) is 47.5 Å². The molecule has 0 aliphatic rings. The standard InChI is InChI=1S/C35H27ClF2N6O2/c1-39-30-9-4-6-26(33(30)38)31-21-44-35(41-32(42-44)18-27-28(36)7-5-8-29(27)37)34(40-31)43(19-22-10-14-24(45-2)15-11-22)20-23-12-16-25(46-3)17-13-23/h4-17,21H,18-20H2,2-3H3. The van der Waals surface area contributed by atoms with E-state index in [0.29, 0.717) is 30.4 Å². The summed E-state index contributed by atoms with van der Waals surface area (Å²) in [6.07, 6.45) is 1.59. The second kappa shape index (κ2) is 13.2. The van der Waals surface area contributed by atoms with E-state index in [1.165, 1.54) is 22.7 Å². The van der Waals surface area contributed by atoms with E-state index < -0.39 is 11.6 Å². The predicted octanol–water partition coefficient (Wildman–Crippen LogP) is 8.09. The third-order valence-corrected chi connectivity index (χ3v) is 7.84. The summed E-state index contributed by atoms with van der Waals surface area (Å²) < 4.78 is 42.5. The molecular weight excluding hydrogens is 610 g/mol. The summed E-state index contributed by atoms with van der Waals surface area (Å²) >= 11 is 6.33. The van der Waals surface area contributed by atoms with Gasteiger partial charge in [0.15, 0.2) is 17.3 Å². The van der Waals surface area contributed by atoms with Crippen molar-refractivity contribution in [2.24, 2.45) is 0 Å². The van der Waals surface area contributed by atoms with E-state index in [2.05, 4.69) is 9.94 Å². The van der Waals surface area contributed by atoms with Crippen LogP contribution in [0.4, 0.5) is 20.3 Å². The van der Waals surface area contributed by atoms with Gasteiger partial charge >= 0.3 is 0 Å². The van der Waals surface area contributed by atoms with Crippen molar-refractivity contribution in [2.45, 2.75) is 19.5 Å². The normalized spacial score (nSPS) is 11.0. The van der Waals surface area contributed by atoms with Crippen LogP contribution < -0.4 is 14.4 Å². The van der Waals surface area contributed by atoms with Crippen molar-refractivity contribution in [1.29, 1.82) is 0 Å². The SMILES string of the molecule is [C-]#[N+]c1cccc(-c2cn3nc(Cc4c(F)cccc4Cl)nc3c(N(Cc3ccc(OC)cc3)Cc3ccc(OC)cc3)n2)c1F. The van der Waals surface area contributed by atoms with Gasteiger partial charge in [-0.3, -0.25) is 0 Å². The molecule has 0 radical (unpaired) electrons. The van der Waals surface area contributed by atoms with Crippen molar-refractivity contribution < 1.29 is 18.3 Å². The monoisotopic (exact) mass is 636 g/mol. The highest BCUT2D eigenvalue weighted by molar-refractivity contribution is 6.31. The van der Waals surface area contributed by atoms with E-state index in [9.17, 15) is 4.39 Å². The van der Waals surface area contributed by atoms with Crippen LogP contribution in [0.3, 0.4) is 0 Å². The molecule has 2 heterocycles. The lowest BCUT2D eigenvalue weighted by Gasteiger charge is -2.25. The van der Waals surface area contributed by atoms with Crippen LogP contribution in [-0.4, -0.2) is 33.8 Å². The molecule has 8 nitrogen and oxygen atoms in total. The molecule has 0 spiro atoms. The van der Waals surface area contributed by atoms with Crippen molar-refractivity contribution in [3.05, 3.63) is 142 Å². The molecule has 2 aromatic heterocycles. The van der Waals surface area contributed by atoms with Gasteiger partial charge in [0.05, 0.1) is 32.7 Å². The van der Waals surface area contributed by atoms with Crippen LogP contribution in [0.2, 0.25) is 5.02 Å². The van der Waals surface area contributed by atoms with Crippen LogP contribution in [0, 0.1) is 18.2 Å². The van der Waals surface area contributed by atoms with Crippen LogP contribution in [0.1, 0.15) is 22.5 Å². The number of benzene rings is 4. The fourth-order valence-corrected chi connectivity index (χ4v) is 5.34. The molecule has 0 saturated carbocycles. The molecule has 4 aromatic carbocycles. The number of fused-ring (bicyclic) bond motifs is 1. The highest BCUT2D eigenvalue weighted by Gasteiger charge is 2.22. The molecule has 0 fully saturated rings. The van der Waals surface area contributed by atoms with Crippen molar-refractivity contribution in [3.8, 4) is 22.8 Å². The molecule has 11 heteroatoms. The third-order valence-electron chi connectivity index (χ3n) is 7.48. The Bertz CT molecular complexity index is 1990. The molecule has 6 rings (SSSR count). The number of hydrogen-bond donors (Lipinski definition) is 0. The fourth-order valence-electron chi connectivity index (χ4n) is 5.11. The summed E-state index contributed by atoms with van der Waals surface area (Å²) in [6, 6.07) is 24.4. The smallest absolute Gasteiger partial charge is 0.222 e. The molecule has 0 amide bonds. The molecule has 6 aromatic rings. The molecule has 46 heavy (non-hydrogen) atoms. The Hall–Kier alpha value is -5.53. The van der Waals surface area contributed by atoms with E-state index in [0.717, 1.165) is 22.6 Å². The minimum atomic E-state index is -0.689. The Morgan fingerprint density at radius 1 is 0.848 bits per heavy atom. The maximum absolute atomic E-state index is 15.5. The van der Waals surface area contributed by atoms with Gasteiger partial charge in [0.2, 0.25) is 5.69 Å². The first-order valence-electron chi connectivity index (χ1n) is 14.2. The Balaban J connectivity index is 1.53. The summed E-state index contributed by atoms with van der Waals surface area (Å²) in [5.41, 5.74) is 2.83. The molecule has 0 N–H and O–H groups in total. The zero-order valence-corrected chi connectivity index (χ0v) is 25.7. The highest BCUT2D eigenvalue weighted by atomic mass is 35.5. The summed E-state index contributed by atoms with van der Waals surface area (Å²) in [4.78, 5) is 15.0. The number of hydrogen-bond acceptors (Lipinski definition) is 6. The van der Waals surface area contributed by atoms with E-state index in [1.54, 1.807) is 38.6 Å². The second-order valence-corrected chi connectivity index (χ2v) is 10.8. The molecular formula is C35H27ClF2N6O2. The van der Waals surface area contributed by atoms with E-state index >= 15 is 4.39 Å².